The van der Waals surface area contributed by atoms with Gasteiger partial charge in [-0.1, -0.05) is 17.8 Å². The second-order valence-electron chi connectivity index (χ2n) is 5.63. The van der Waals surface area contributed by atoms with Crippen molar-refractivity contribution in [3.8, 4) is 0 Å². The van der Waals surface area contributed by atoms with E-state index in [1.165, 1.54) is 34.8 Å². The molecule has 0 aromatic carbocycles. The van der Waals surface area contributed by atoms with Crippen LogP contribution >= 0.6 is 47.0 Å². The topological polar surface area (TPSA) is 128 Å². The van der Waals surface area contributed by atoms with Crippen molar-refractivity contribution in [2.24, 2.45) is 0 Å². The normalized spacial score (nSPS) is 21.1. The van der Waals surface area contributed by atoms with Crippen LogP contribution in [0.3, 0.4) is 0 Å². The van der Waals surface area contributed by atoms with Gasteiger partial charge in [0.15, 0.2) is 5.16 Å². The Morgan fingerprint density at radius 1 is 1.45 bits per heavy atom. The SMILES string of the molecule is C=CCS/C=C/SCC(=O)N[C@@H]1C(=O)N2C(C(=O)O)=C(Sc3ncn[nH]3)CS[C@H]12. The maximum Gasteiger partial charge on any atom is 0.353 e. The molecule has 1 aromatic rings. The van der Waals surface area contributed by atoms with Gasteiger partial charge in [-0.2, -0.15) is 5.10 Å². The summed E-state index contributed by atoms with van der Waals surface area (Å²) in [5, 5.41) is 22.4. The number of β-lactam (4-membered cyclic amide) rings is 1. The molecule has 2 atom stereocenters. The van der Waals surface area contributed by atoms with Gasteiger partial charge in [0.2, 0.25) is 5.91 Å². The fourth-order valence-electron chi connectivity index (χ4n) is 2.57. The Balaban J connectivity index is 1.59. The van der Waals surface area contributed by atoms with Gasteiger partial charge in [0.05, 0.1) is 5.75 Å². The van der Waals surface area contributed by atoms with E-state index in [0.29, 0.717) is 15.8 Å². The molecule has 0 unspecified atom stereocenters. The minimum Gasteiger partial charge on any atom is -0.477 e. The number of fused-ring (bicyclic) bond motifs is 1. The minimum absolute atomic E-state index is 0.0674. The molecular formula is C16H17N5O4S4. The average Bonchev–Trinajstić information content (AvgIpc) is 3.21. The van der Waals surface area contributed by atoms with Crippen LogP contribution in [0.2, 0.25) is 0 Å². The lowest BCUT2D eigenvalue weighted by atomic mass is 10.1. The summed E-state index contributed by atoms with van der Waals surface area (Å²) in [5.74, 6) is -0.509. The number of aliphatic carboxylic acids is 1. The molecule has 9 nitrogen and oxygen atoms in total. The first kappa shape index (κ1) is 21.9. The highest BCUT2D eigenvalue weighted by molar-refractivity contribution is 8.06. The lowest BCUT2D eigenvalue weighted by Gasteiger charge is -2.49. The maximum atomic E-state index is 12.6. The summed E-state index contributed by atoms with van der Waals surface area (Å²) in [6.45, 7) is 3.62. The molecule has 1 aromatic heterocycles. The van der Waals surface area contributed by atoms with Crippen molar-refractivity contribution >= 4 is 64.8 Å². The Hall–Kier alpha value is -1.83. The van der Waals surface area contributed by atoms with Gasteiger partial charge in [-0.15, -0.1) is 41.9 Å². The van der Waals surface area contributed by atoms with Crippen molar-refractivity contribution in [1.82, 2.24) is 25.4 Å². The highest BCUT2D eigenvalue weighted by Gasteiger charge is 2.54. The first-order valence-electron chi connectivity index (χ1n) is 8.25. The predicted molar refractivity (Wildman–Crippen MR) is 116 cm³/mol. The van der Waals surface area contributed by atoms with E-state index in [1.54, 1.807) is 17.8 Å². The number of amides is 2. The molecule has 1 saturated heterocycles. The van der Waals surface area contributed by atoms with Crippen LogP contribution in [0.5, 0.6) is 0 Å². The maximum absolute atomic E-state index is 12.6. The van der Waals surface area contributed by atoms with Gasteiger partial charge in [0.1, 0.15) is 23.4 Å². The third-order valence-electron chi connectivity index (χ3n) is 3.74. The third-order valence-corrected chi connectivity index (χ3v) is 7.86. The summed E-state index contributed by atoms with van der Waals surface area (Å²) >= 11 is 5.43. The number of rotatable bonds is 10. The minimum atomic E-state index is -1.19. The Bertz CT molecular complexity index is 858. The number of carbonyl (C=O) groups is 3. The first-order valence-corrected chi connectivity index (χ1v) is 12.2. The van der Waals surface area contributed by atoms with Gasteiger partial charge in [0, 0.05) is 16.4 Å². The van der Waals surface area contributed by atoms with Crippen molar-refractivity contribution < 1.29 is 19.5 Å². The van der Waals surface area contributed by atoms with E-state index in [9.17, 15) is 19.5 Å². The summed E-state index contributed by atoms with van der Waals surface area (Å²) in [6.07, 6.45) is 3.12. The number of thioether (sulfide) groups is 4. The highest BCUT2D eigenvalue weighted by atomic mass is 32.2. The van der Waals surface area contributed by atoms with E-state index in [2.05, 4.69) is 27.1 Å². The molecule has 0 bridgehead atoms. The molecule has 2 aliphatic heterocycles. The average molecular weight is 472 g/mol. The molecule has 3 heterocycles. The molecule has 13 heteroatoms. The lowest BCUT2D eigenvalue weighted by Crippen LogP contribution is -2.70. The van der Waals surface area contributed by atoms with Gasteiger partial charge in [0.25, 0.3) is 5.91 Å². The summed E-state index contributed by atoms with van der Waals surface area (Å²) in [4.78, 5) is 42.2. The summed E-state index contributed by atoms with van der Waals surface area (Å²) in [6, 6.07) is -0.724. The number of aromatic nitrogens is 3. The molecular weight excluding hydrogens is 454 g/mol. The van der Waals surface area contributed by atoms with Crippen molar-refractivity contribution in [2.45, 2.75) is 16.6 Å². The summed E-state index contributed by atoms with van der Waals surface area (Å²) < 4.78 is 0. The number of hydrogen-bond donors (Lipinski definition) is 3. The molecule has 0 spiro atoms. The van der Waals surface area contributed by atoms with Gasteiger partial charge >= 0.3 is 5.97 Å². The highest BCUT2D eigenvalue weighted by Crippen LogP contribution is 2.44. The summed E-state index contributed by atoms with van der Waals surface area (Å²) in [7, 11) is 0. The number of aromatic amines is 1. The number of carboxylic acid groups (broad SMARTS) is 1. The van der Waals surface area contributed by atoms with Crippen LogP contribution < -0.4 is 5.32 Å². The number of carboxylic acids is 1. The van der Waals surface area contributed by atoms with Crippen LogP contribution in [-0.2, 0) is 14.4 Å². The number of carbonyl (C=O) groups excluding carboxylic acids is 2. The molecule has 3 rings (SSSR count). The molecule has 154 valence electrons. The molecule has 2 aliphatic rings. The molecule has 2 amide bonds. The quantitative estimate of drug-likeness (QED) is 0.263. The zero-order valence-electron chi connectivity index (χ0n) is 14.9. The van der Waals surface area contributed by atoms with Crippen molar-refractivity contribution in [3.05, 3.63) is 40.4 Å². The van der Waals surface area contributed by atoms with E-state index in [4.69, 9.17) is 0 Å². The molecule has 0 saturated carbocycles. The van der Waals surface area contributed by atoms with E-state index >= 15 is 0 Å². The van der Waals surface area contributed by atoms with Crippen molar-refractivity contribution in [1.29, 1.82) is 0 Å². The fraction of sp³-hybridized carbons (Fsp3) is 0.312. The van der Waals surface area contributed by atoms with Crippen LogP contribution in [0.15, 0.2) is 45.6 Å². The zero-order chi connectivity index (χ0) is 20.8. The molecule has 0 radical (unpaired) electrons. The molecule has 29 heavy (non-hydrogen) atoms. The third kappa shape index (κ3) is 5.21. The van der Waals surface area contributed by atoms with Crippen LogP contribution in [0.4, 0.5) is 0 Å². The first-order chi connectivity index (χ1) is 14.0. The Labute approximate surface area is 183 Å². The monoisotopic (exact) mass is 471 g/mol. The van der Waals surface area contributed by atoms with Crippen LogP contribution in [0, 0.1) is 0 Å². The zero-order valence-corrected chi connectivity index (χ0v) is 18.2. The standard InChI is InChI=1S/C16H17N5O4S4/c1-2-3-26-4-5-27-7-10(22)19-11-13(23)21-12(15(24)25)9(6-28-14(11)21)29-16-17-8-18-20-16/h2,4-5,8,11,14H,1,3,6-7H2,(H,19,22)(H,24,25)(H,17,18,20)/b5-4+/t11-,14-/m1/s1. The van der Waals surface area contributed by atoms with Crippen molar-refractivity contribution in [3.63, 3.8) is 0 Å². The van der Waals surface area contributed by atoms with E-state index in [0.717, 1.165) is 17.5 Å². The molecule has 1 fully saturated rings. The van der Waals surface area contributed by atoms with Gasteiger partial charge in [-0.25, -0.2) is 9.78 Å². The Morgan fingerprint density at radius 3 is 2.93 bits per heavy atom. The number of hydrogen-bond acceptors (Lipinski definition) is 9. The van der Waals surface area contributed by atoms with Crippen LogP contribution in [-0.4, -0.2) is 71.6 Å². The van der Waals surface area contributed by atoms with E-state index < -0.39 is 23.3 Å². The van der Waals surface area contributed by atoms with Gasteiger partial charge in [-0.3, -0.25) is 19.6 Å². The summed E-state index contributed by atoms with van der Waals surface area (Å²) in [5.41, 5.74) is -0.0674. The number of nitrogens with one attached hydrogen (secondary N) is 2. The molecule has 0 aliphatic carbocycles. The van der Waals surface area contributed by atoms with Crippen molar-refractivity contribution in [2.75, 3.05) is 17.3 Å². The number of H-pyrrole nitrogens is 1. The van der Waals surface area contributed by atoms with Gasteiger partial charge in [-0.05, 0) is 10.8 Å². The largest absolute Gasteiger partial charge is 0.477 e. The second kappa shape index (κ2) is 10.3. The predicted octanol–water partition coefficient (Wildman–Crippen LogP) is 1.72. The molecule has 3 N–H and O–H groups in total. The second-order valence-corrected chi connectivity index (χ2v) is 9.65. The lowest BCUT2D eigenvalue weighted by molar-refractivity contribution is -0.150. The smallest absolute Gasteiger partial charge is 0.353 e. The van der Waals surface area contributed by atoms with Gasteiger partial charge < -0.3 is 10.4 Å². The van der Waals surface area contributed by atoms with E-state index in [1.807, 2.05) is 10.8 Å². The van der Waals surface area contributed by atoms with Crippen LogP contribution in [0.25, 0.3) is 0 Å². The Kier molecular flexibility index (Phi) is 7.75. The fourth-order valence-corrected chi connectivity index (χ4v) is 6.13. The van der Waals surface area contributed by atoms with Crippen LogP contribution in [0.1, 0.15) is 0 Å². The Morgan fingerprint density at radius 2 is 2.24 bits per heavy atom. The number of nitrogens with zero attached hydrogens (tertiary/aromatic N) is 3. The van der Waals surface area contributed by atoms with E-state index in [-0.39, 0.29) is 17.4 Å².